The van der Waals surface area contributed by atoms with Crippen molar-refractivity contribution in [3.8, 4) is 0 Å². The van der Waals surface area contributed by atoms with Crippen LogP contribution in [0.3, 0.4) is 0 Å². The Labute approximate surface area is 117 Å². The van der Waals surface area contributed by atoms with E-state index in [2.05, 4.69) is 53.4 Å². The zero-order chi connectivity index (χ0) is 13.5. The Morgan fingerprint density at radius 2 is 1.95 bits per heavy atom. The molecule has 0 aromatic heterocycles. The summed E-state index contributed by atoms with van der Waals surface area (Å²) in [6.07, 6.45) is 2.35. The van der Waals surface area contributed by atoms with E-state index >= 15 is 0 Å². The van der Waals surface area contributed by atoms with Gasteiger partial charge in [-0.15, -0.1) is 0 Å². The lowest BCUT2D eigenvalue weighted by atomic mass is 10.1. The molecule has 3 nitrogen and oxygen atoms in total. The van der Waals surface area contributed by atoms with Crippen molar-refractivity contribution in [3.63, 3.8) is 0 Å². The van der Waals surface area contributed by atoms with Crippen LogP contribution in [0, 0.1) is 0 Å². The molecular formula is C16H27N3. The summed E-state index contributed by atoms with van der Waals surface area (Å²) in [5.41, 5.74) is 2.84. The second kappa shape index (κ2) is 7.51. The maximum absolute atomic E-state index is 3.40. The van der Waals surface area contributed by atoms with Gasteiger partial charge in [0, 0.05) is 45.5 Å². The smallest absolute Gasteiger partial charge is 0.0396 e. The van der Waals surface area contributed by atoms with E-state index in [1.54, 1.807) is 0 Å². The van der Waals surface area contributed by atoms with Crippen molar-refractivity contribution >= 4 is 5.69 Å². The minimum Gasteiger partial charge on any atom is -0.374 e. The van der Waals surface area contributed by atoms with E-state index in [9.17, 15) is 0 Å². The SMILES string of the molecule is CCc1ccccc1N(C)CCCN1CCNCC1. The predicted molar refractivity (Wildman–Crippen MR) is 83.0 cm³/mol. The van der Waals surface area contributed by atoms with E-state index in [1.165, 1.54) is 37.3 Å². The quantitative estimate of drug-likeness (QED) is 0.845. The van der Waals surface area contributed by atoms with Gasteiger partial charge in [0.1, 0.15) is 0 Å². The molecule has 1 aromatic carbocycles. The third-order valence-electron chi connectivity index (χ3n) is 3.96. The molecule has 0 spiro atoms. The van der Waals surface area contributed by atoms with Crippen LogP contribution in [-0.2, 0) is 6.42 Å². The fourth-order valence-electron chi connectivity index (χ4n) is 2.77. The molecule has 0 amide bonds. The molecule has 19 heavy (non-hydrogen) atoms. The van der Waals surface area contributed by atoms with Crippen molar-refractivity contribution in [1.82, 2.24) is 10.2 Å². The average Bonchev–Trinajstić information content (AvgIpc) is 2.48. The molecule has 1 fully saturated rings. The summed E-state index contributed by atoms with van der Waals surface area (Å²) in [4.78, 5) is 4.97. The van der Waals surface area contributed by atoms with Gasteiger partial charge in [-0.25, -0.2) is 0 Å². The Bertz CT molecular complexity index is 372. The molecule has 1 N–H and O–H groups in total. The molecule has 0 unspecified atom stereocenters. The highest BCUT2D eigenvalue weighted by Crippen LogP contribution is 2.19. The van der Waals surface area contributed by atoms with Crippen LogP contribution < -0.4 is 10.2 Å². The number of para-hydroxylation sites is 1. The van der Waals surface area contributed by atoms with Gasteiger partial charge in [0.15, 0.2) is 0 Å². The minimum atomic E-state index is 1.11. The van der Waals surface area contributed by atoms with Crippen LogP contribution >= 0.6 is 0 Å². The second-order valence-corrected chi connectivity index (χ2v) is 5.35. The first-order valence-corrected chi connectivity index (χ1v) is 7.53. The molecule has 0 radical (unpaired) electrons. The van der Waals surface area contributed by atoms with Crippen LogP contribution in [-0.4, -0.2) is 51.2 Å². The van der Waals surface area contributed by atoms with E-state index in [4.69, 9.17) is 0 Å². The number of benzene rings is 1. The number of hydrogen-bond donors (Lipinski definition) is 1. The first-order valence-electron chi connectivity index (χ1n) is 7.53. The van der Waals surface area contributed by atoms with Crippen LogP contribution in [0.5, 0.6) is 0 Å². The van der Waals surface area contributed by atoms with Crippen molar-refractivity contribution in [2.75, 3.05) is 51.2 Å². The van der Waals surface area contributed by atoms with Crippen LogP contribution in [0.4, 0.5) is 5.69 Å². The summed E-state index contributed by atoms with van der Waals surface area (Å²) in [6, 6.07) is 8.75. The summed E-state index contributed by atoms with van der Waals surface area (Å²) in [5.74, 6) is 0. The Hall–Kier alpha value is -1.06. The number of nitrogens with one attached hydrogen (secondary N) is 1. The predicted octanol–water partition coefficient (Wildman–Crippen LogP) is 1.98. The van der Waals surface area contributed by atoms with E-state index in [0.717, 1.165) is 26.1 Å². The Morgan fingerprint density at radius 3 is 2.68 bits per heavy atom. The largest absolute Gasteiger partial charge is 0.374 e. The van der Waals surface area contributed by atoms with Crippen molar-refractivity contribution < 1.29 is 0 Å². The van der Waals surface area contributed by atoms with Gasteiger partial charge in [-0.1, -0.05) is 25.1 Å². The Morgan fingerprint density at radius 1 is 1.21 bits per heavy atom. The maximum Gasteiger partial charge on any atom is 0.0396 e. The molecule has 1 saturated heterocycles. The van der Waals surface area contributed by atoms with Crippen molar-refractivity contribution in [3.05, 3.63) is 29.8 Å². The van der Waals surface area contributed by atoms with Crippen LogP contribution in [0.15, 0.2) is 24.3 Å². The molecule has 1 aromatic rings. The summed E-state index contributed by atoms with van der Waals surface area (Å²) >= 11 is 0. The molecule has 0 atom stereocenters. The van der Waals surface area contributed by atoms with Gasteiger partial charge in [-0.2, -0.15) is 0 Å². The van der Waals surface area contributed by atoms with Gasteiger partial charge in [-0.3, -0.25) is 0 Å². The summed E-state index contributed by atoms with van der Waals surface area (Å²) in [6.45, 7) is 9.29. The molecular weight excluding hydrogens is 234 g/mol. The highest BCUT2D eigenvalue weighted by atomic mass is 15.2. The third-order valence-corrected chi connectivity index (χ3v) is 3.96. The van der Waals surface area contributed by atoms with Crippen LogP contribution in [0.2, 0.25) is 0 Å². The summed E-state index contributed by atoms with van der Waals surface area (Å²) in [7, 11) is 2.21. The molecule has 2 rings (SSSR count). The summed E-state index contributed by atoms with van der Waals surface area (Å²) in [5, 5.41) is 3.40. The van der Waals surface area contributed by atoms with Gasteiger partial charge in [0.2, 0.25) is 0 Å². The van der Waals surface area contributed by atoms with Crippen LogP contribution in [0.25, 0.3) is 0 Å². The van der Waals surface area contributed by atoms with Gasteiger partial charge < -0.3 is 15.1 Å². The lowest BCUT2D eigenvalue weighted by molar-refractivity contribution is 0.239. The molecule has 1 heterocycles. The molecule has 1 aliphatic heterocycles. The number of rotatable bonds is 6. The number of piperazine rings is 1. The molecule has 3 heteroatoms. The Kier molecular flexibility index (Phi) is 5.67. The lowest BCUT2D eigenvalue weighted by Gasteiger charge is -2.28. The maximum atomic E-state index is 3.40. The fraction of sp³-hybridized carbons (Fsp3) is 0.625. The highest BCUT2D eigenvalue weighted by Gasteiger charge is 2.10. The third kappa shape index (κ3) is 4.22. The van der Waals surface area contributed by atoms with Gasteiger partial charge in [0.05, 0.1) is 0 Å². The van der Waals surface area contributed by atoms with E-state index in [-0.39, 0.29) is 0 Å². The first-order chi connectivity index (χ1) is 9.31. The molecule has 106 valence electrons. The normalized spacial score (nSPS) is 16.5. The second-order valence-electron chi connectivity index (χ2n) is 5.35. The molecule has 0 saturated carbocycles. The van der Waals surface area contributed by atoms with Crippen molar-refractivity contribution in [1.29, 1.82) is 0 Å². The molecule has 1 aliphatic rings. The topological polar surface area (TPSA) is 18.5 Å². The van der Waals surface area contributed by atoms with Crippen molar-refractivity contribution in [2.24, 2.45) is 0 Å². The lowest BCUT2D eigenvalue weighted by Crippen LogP contribution is -2.44. The van der Waals surface area contributed by atoms with Gasteiger partial charge >= 0.3 is 0 Å². The minimum absolute atomic E-state index is 1.11. The number of aryl methyl sites for hydroxylation is 1. The highest BCUT2D eigenvalue weighted by molar-refractivity contribution is 5.52. The molecule has 0 aliphatic carbocycles. The number of hydrogen-bond acceptors (Lipinski definition) is 3. The monoisotopic (exact) mass is 261 g/mol. The average molecular weight is 261 g/mol. The van der Waals surface area contributed by atoms with Gasteiger partial charge in [-0.05, 0) is 31.0 Å². The summed E-state index contributed by atoms with van der Waals surface area (Å²) < 4.78 is 0. The Balaban J connectivity index is 1.78. The zero-order valence-electron chi connectivity index (χ0n) is 12.4. The van der Waals surface area contributed by atoms with E-state index < -0.39 is 0 Å². The van der Waals surface area contributed by atoms with Crippen LogP contribution in [0.1, 0.15) is 18.9 Å². The fourth-order valence-corrected chi connectivity index (χ4v) is 2.77. The molecule has 0 bridgehead atoms. The first kappa shape index (κ1) is 14.4. The van der Waals surface area contributed by atoms with Crippen molar-refractivity contribution in [2.45, 2.75) is 19.8 Å². The number of anilines is 1. The van der Waals surface area contributed by atoms with E-state index in [0.29, 0.717) is 0 Å². The standard InChI is InChI=1S/C16H27N3/c1-3-15-7-4-5-8-16(15)18(2)11-6-12-19-13-9-17-10-14-19/h4-5,7-8,17H,3,6,9-14H2,1-2H3. The van der Waals surface area contributed by atoms with E-state index in [1.807, 2.05) is 0 Å². The zero-order valence-corrected chi connectivity index (χ0v) is 12.4. The number of nitrogens with zero attached hydrogens (tertiary/aromatic N) is 2. The van der Waals surface area contributed by atoms with Gasteiger partial charge in [0.25, 0.3) is 0 Å².